The summed E-state index contributed by atoms with van der Waals surface area (Å²) in [5.74, 6) is 0.860. The predicted octanol–water partition coefficient (Wildman–Crippen LogP) is 2.93. The van der Waals surface area contributed by atoms with Gasteiger partial charge in [0.15, 0.2) is 0 Å². The molecule has 1 N–H and O–H groups in total. The van der Waals surface area contributed by atoms with Gasteiger partial charge in [0.25, 0.3) is 0 Å². The zero-order chi connectivity index (χ0) is 10.7. The number of rotatable bonds is 2. The average molecular weight is 203 g/mol. The largest absolute Gasteiger partial charge is 0.313 e. The molecule has 1 heteroatoms. The van der Waals surface area contributed by atoms with Crippen LogP contribution in [0, 0.1) is 12.8 Å². The van der Waals surface area contributed by atoms with Gasteiger partial charge in [0.1, 0.15) is 0 Å². The molecule has 1 aliphatic heterocycles. The van der Waals surface area contributed by atoms with Gasteiger partial charge in [-0.25, -0.2) is 0 Å². The Morgan fingerprint density at radius 2 is 1.93 bits per heavy atom. The highest BCUT2D eigenvalue weighted by Crippen LogP contribution is 2.16. The summed E-state index contributed by atoms with van der Waals surface area (Å²) in [5.41, 5.74) is 2.82. The molecule has 0 bridgehead atoms. The Morgan fingerprint density at radius 1 is 1.20 bits per heavy atom. The molecule has 0 aromatic heterocycles. The number of benzene rings is 1. The van der Waals surface area contributed by atoms with Crippen molar-refractivity contribution in [2.24, 2.45) is 5.92 Å². The molecule has 2 unspecified atom stereocenters. The molecule has 0 spiro atoms. The fourth-order valence-electron chi connectivity index (χ4n) is 2.24. The fraction of sp³-hybridized carbons (Fsp3) is 0.571. The second-order valence-corrected chi connectivity index (χ2v) is 4.98. The second kappa shape index (κ2) is 4.80. The van der Waals surface area contributed by atoms with Crippen LogP contribution in [-0.2, 0) is 6.42 Å². The molecule has 2 rings (SSSR count). The summed E-state index contributed by atoms with van der Waals surface area (Å²) >= 11 is 0. The van der Waals surface area contributed by atoms with Crippen molar-refractivity contribution in [3.8, 4) is 0 Å². The van der Waals surface area contributed by atoms with E-state index in [-0.39, 0.29) is 0 Å². The molecule has 2 atom stereocenters. The van der Waals surface area contributed by atoms with E-state index < -0.39 is 0 Å². The highest BCUT2D eigenvalue weighted by atomic mass is 14.9. The molecule has 1 aromatic rings. The van der Waals surface area contributed by atoms with Gasteiger partial charge in [-0.15, -0.1) is 0 Å². The zero-order valence-corrected chi connectivity index (χ0v) is 9.79. The molecule has 0 radical (unpaired) electrons. The van der Waals surface area contributed by atoms with Gasteiger partial charge in [-0.05, 0) is 44.2 Å². The first-order chi connectivity index (χ1) is 7.24. The quantitative estimate of drug-likeness (QED) is 0.779. The van der Waals surface area contributed by atoms with Crippen LogP contribution in [0.15, 0.2) is 24.3 Å². The number of piperidine rings is 1. The molecule has 1 heterocycles. The fourth-order valence-corrected chi connectivity index (χ4v) is 2.24. The van der Waals surface area contributed by atoms with Gasteiger partial charge in [-0.1, -0.05) is 36.8 Å². The summed E-state index contributed by atoms with van der Waals surface area (Å²) in [4.78, 5) is 0. The molecular formula is C14H21N. The summed E-state index contributed by atoms with van der Waals surface area (Å²) in [6, 6.07) is 9.63. The first-order valence-electron chi connectivity index (χ1n) is 6.03. The van der Waals surface area contributed by atoms with Gasteiger partial charge in [-0.3, -0.25) is 0 Å². The molecule has 1 fully saturated rings. The Kier molecular flexibility index (Phi) is 3.42. The van der Waals surface area contributed by atoms with Crippen LogP contribution in [0.1, 0.15) is 30.9 Å². The van der Waals surface area contributed by atoms with Crippen molar-refractivity contribution >= 4 is 0 Å². The molecule has 0 saturated carbocycles. The van der Waals surface area contributed by atoms with Gasteiger partial charge in [0.05, 0.1) is 0 Å². The lowest BCUT2D eigenvalue weighted by Crippen LogP contribution is -2.39. The van der Waals surface area contributed by atoms with Crippen LogP contribution in [0.5, 0.6) is 0 Å². The molecule has 82 valence electrons. The lowest BCUT2D eigenvalue weighted by molar-refractivity contribution is 0.326. The highest BCUT2D eigenvalue weighted by Gasteiger charge is 2.17. The molecule has 1 aliphatic rings. The van der Waals surface area contributed by atoms with Crippen molar-refractivity contribution in [2.75, 3.05) is 6.54 Å². The Morgan fingerprint density at radius 3 is 2.53 bits per heavy atom. The van der Waals surface area contributed by atoms with E-state index in [0.29, 0.717) is 6.04 Å². The monoisotopic (exact) mass is 203 g/mol. The van der Waals surface area contributed by atoms with Crippen molar-refractivity contribution in [3.63, 3.8) is 0 Å². The standard InChI is InChI=1S/C14H21N/c1-11-3-6-13(7-4-11)9-14-8-5-12(2)10-15-14/h3-4,6-7,12,14-15H,5,8-10H2,1-2H3. The summed E-state index contributed by atoms with van der Waals surface area (Å²) in [5, 5.41) is 3.63. The van der Waals surface area contributed by atoms with Crippen molar-refractivity contribution in [2.45, 2.75) is 39.2 Å². The van der Waals surface area contributed by atoms with E-state index in [4.69, 9.17) is 0 Å². The maximum absolute atomic E-state index is 3.63. The van der Waals surface area contributed by atoms with Crippen LogP contribution in [-0.4, -0.2) is 12.6 Å². The Balaban J connectivity index is 1.89. The topological polar surface area (TPSA) is 12.0 Å². The van der Waals surface area contributed by atoms with Crippen molar-refractivity contribution in [1.29, 1.82) is 0 Å². The first kappa shape index (κ1) is 10.7. The number of nitrogens with one attached hydrogen (secondary N) is 1. The second-order valence-electron chi connectivity index (χ2n) is 4.98. The smallest absolute Gasteiger partial charge is 0.0108 e. The SMILES string of the molecule is Cc1ccc(CC2CCC(C)CN2)cc1. The van der Waals surface area contributed by atoms with Crippen molar-refractivity contribution < 1.29 is 0 Å². The van der Waals surface area contributed by atoms with E-state index in [0.717, 1.165) is 5.92 Å². The minimum atomic E-state index is 0.698. The van der Waals surface area contributed by atoms with Crippen LogP contribution < -0.4 is 5.32 Å². The molecule has 15 heavy (non-hydrogen) atoms. The molecule has 1 saturated heterocycles. The van der Waals surface area contributed by atoms with Crippen LogP contribution >= 0.6 is 0 Å². The van der Waals surface area contributed by atoms with Crippen LogP contribution in [0.3, 0.4) is 0 Å². The van der Waals surface area contributed by atoms with Gasteiger partial charge in [-0.2, -0.15) is 0 Å². The highest BCUT2D eigenvalue weighted by molar-refractivity contribution is 5.22. The normalized spacial score (nSPS) is 26.5. The maximum atomic E-state index is 3.63. The third-order valence-corrected chi connectivity index (χ3v) is 3.37. The van der Waals surface area contributed by atoms with E-state index >= 15 is 0 Å². The van der Waals surface area contributed by atoms with Crippen LogP contribution in [0.4, 0.5) is 0 Å². The average Bonchev–Trinajstić information content (AvgIpc) is 2.25. The third-order valence-electron chi connectivity index (χ3n) is 3.37. The van der Waals surface area contributed by atoms with E-state index in [2.05, 4.69) is 43.4 Å². The van der Waals surface area contributed by atoms with Crippen LogP contribution in [0.2, 0.25) is 0 Å². The lowest BCUT2D eigenvalue weighted by atomic mass is 9.92. The van der Waals surface area contributed by atoms with E-state index in [9.17, 15) is 0 Å². The Labute approximate surface area is 92.9 Å². The summed E-state index contributed by atoms with van der Waals surface area (Å²) in [6.07, 6.45) is 3.89. The van der Waals surface area contributed by atoms with Gasteiger partial charge in [0, 0.05) is 6.04 Å². The van der Waals surface area contributed by atoms with Crippen molar-refractivity contribution in [1.82, 2.24) is 5.32 Å². The maximum Gasteiger partial charge on any atom is 0.0108 e. The minimum Gasteiger partial charge on any atom is -0.313 e. The summed E-state index contributed by atoms with van der Waals surface area (Å²) in [6.45, 7) is 5.66. The third kappa shape index (κ3) is 3.07. The summed E-state index contributed by atoms with van der Waals surface area (Å²) < 4.78 is 0. The van der Waals surface area contributed by atoms with E-state index in [1.165, 1.54) is 36.9 Å². The van der Waals surface area contributed by atoms with Gasteiger partial charge in [0.2, 0.25) is 0 Å². The van der Waals surface area contributed by atoms with Crippen molar-refractivity contribution in [3.05, 3.63) is 35.4 Å². The molecule has 0 amide bonds. The molecule has 0 aliphatic carbocycles. The van der Waals surface area contributed by atoms with E-state index in [1.807, 2.05) is 0 Å². The lowest BCUT2D eigenvalue weighted by Gasteiger charge is -2.27. The summed E-state index contributed by atoms with van der Waals surface area (Å²) in [7, 11) is 0. The Hall–Kier alpha value is -0.820. The van der Waals surface area contributed by atoms with Gasteiger partial charge >= 0.3 is 0 Å². The van der Waals surface area contributed by atoms with Crippen LogP contribution in [0.25, 0.3) is 0 Å². The van der Waals surface area contributed by atoms with E-state index in [1.54, 1.807) is 0 Å². The number of hydrogen-bond acceptors (Lipinski definition) is 1. The molecule has 1 nitrogen and oxygen atoms in total. The Bertz CT molecular complexity index is 294. The zero-order valence-electron chi connectivity index (χ0n) is 9.79. The number of hydrogen-bond donors (Lipinski definition) is 1. The first-order valence-corrected chi connectivity index (χ1v) is 6.03. The minimum absolute atomic E-state index is 0.698. The molecule has 1 aromatic carbocycles. The van der Waals surface area contributed by atoms with Gasteiger partial charge < -0.3 is 5.32 Å². The predicted molar refractivity (Wildman–Crippen MR) is 65.1 cm³/mol. The molecular weight excluding hydrogens is 182 g/mol. The number of aryl methyl sites for hydroxylation is 1.